The number of aliphatic hydroxyl groups is 1. The number of nitrogens with zero attached hydrogens (tertiary/aromatic N) is 1. The molecule has 2 amide bonds. The van der Waals surface area contributed by atoms with Gasteiger partial charge >= 0.3 is 12.0 Å². The molecule has 1 aliphatic heterocycles. The Hall–Kier alpha value is -1.34. The zero-order valence-corrected chi connectivity index (χ0v) is 11.3. The van der Waals surface area contributed by atoms with Crippen LogP contribution in [0.15, 0.2) is 0 Å². The van der Waals surface area contributed by atoms with Gasteiger partial charge in [-0.2, -0.15) is 0 Å². The number of rotatable bonds is 6. The van der Waals surface area contributed by atoms with Gasteiger partial charge in [0.1, 0.15) is 6.04 Å². The Morgan fingerprint density at radius 2 is 2.16 bits per heavy atom. The summed E-state index contributed by atoms with van der Waals surface area (Å²) in [6, 6.07) is -1.24. The molecule has 1 saturated heterocycles. The van der Waals surface area contributed by atoms with Crippen molar-refractivity contribution in [2.45, 2.75) is 37.8 Å². The van der Waals surface area contributed by atoms with Crippen LogP contribution in [0.3, 0.4) is 0 Å². The standard InChI is InChI=1S/C12H23N3O4/c1-15-6-3-2-4-9(15)8-13-12(19)14-10(5-7-16)11(17)18/h9-10,16H,2-8H2,1H3,(H,17,18)(H2,13,14,19)/t9?,10-/m0/s1. The van der Waals surface area contributed by atoms with Gasteiger partial charge in [-0.1, -0.05) is 6.42 Å². The molecular weight excluding hydrogens is 250 g/mol. The number of amides is 2. The molecule has 0 saturated carbocycles. The topological polar surface area (TPSA) is 102 Å². The minimum absolute atomic E-state index is 0.00604. The molecule has 0 aliphatic carbocycles. The summed E-state index contributed by atoms with van der Waals surface area (Å²) in [7, 11) is 2.02. The van der Waals surface area contributed by atoms with Crippen LogP contribution in [-0.4, -0.2) is 65.9 Å². The van der Waals surface area contributed by atoms with Gasteiger partial charge in [0.05, 0.1) is 0 Å². The predicted molar refractivity (Wildman–Crippen MR) is 69.9 cm³/mol. The average Bonchev–Trinajstić information content (AvgIpc) is 2.37. The fourth-order valence-electron chi connectivity index (χ4n) is 2.21. The first-order chi connectivity index (χ1) is 9.04. The minimum atomic E-state index is -1.14. The molecule has 1 unspecified atom stereocenters. The van der Waals surface area contributed by atoms with Gasteiger partial charge in [-0.15, -0.1) is 0 Å². The molecule has 1 rings (SSSR count). The molecule has 0 aromatic heterocycles. The molecule has 1 aliphatic rings. The van der Waals surface area contributed by atoms with Gasteiger partial charge in [-0.3, -0.25) is 0 Å². The fraction of sp³-hybridized carbons (Fsp3) is 0.833. The van der Waals surface area contributed by atoms with E-state index in [0.29, 0.717) is 12.6 Å². The van der Waals surface area contributed by atoms with Crippen molar-refractivity contribution in [3.05, 3.63) is 0 Å². The molecule has 0 spiro atoms. The molecule has 110 valence electrons. The lowest BCUT2D eigenvalue weighted by Gasteiger charge is -2.32. The van der Waals surface area contributed by atoms with Gasteiger partial charge in [0.15, 0.2) is 0 Å². The van der Waals surface area contributed by atoms with Crippen molar-refractivity contribution in [2.24, 2.45) is 0 Å². The Morgan fingerprint density at radius 1 is 1.42 bits per heavy atom. The first kappa shape index (κ1) is 15.7. The highest BCUT2D eigenvalue weighted by atomic mass is 16.4. The van der Waals surface area contributed by atoms with Crippen LogP contribution in [0.5, 0.6) is 0 Å². The number of piperidine rings is 1. The molecule has 0 radical (unpaired) electrons. The smallest absolute Gasteiger partial charge is 0.326 e. The molecule has 7 heteroatoms. The van der Waals surface area contributed by atoms with Gasteiger partial charge in [0.2, 0.25) is 0 Å². The zero-order valence-electron chi connectivity index (χ0n) is 11.3. The minimum Gasteiger partial charge on any atom is -0.480 e. The van der Waals surface area contributed by atoms with E-state index in [-0.39, 0.29) is 13.0 Å². The maximum Gasteiger partial charge on any atom is 0.326 e. The number of likely N-dealkylation sites (tertiary alicyclic amines) is 1. The van der Waals surface area contributed by atoms with Gasteiger partial charge in [0.25, 0.3) is 0 Å². The zero-order chi connectivity index (χ0) is 14.3. The molecule has 0 aromatic rings. The number of aliphatic hydroxyl groups excluding tert-OH is 1. The van der Waals surface area contributed by atoms with Crippen molar-refractivity contribution in [3.8, 4) is 0 Å². The number of carbonyl (C=O) groups excluding carboxylic acids is 1. The van der Waals surface area contributed by atoms with Crippen LogP contribution in [0.1, 0.15) is 25.7 Å². The van der Waals surface area contributed by atoms with Crippen molar-refractivity contribution in [2.75, 3.05) is 26.7 Å². The average molecular weight is 273 g/mol. The van der Waals surface area contributed by atoms with Gasteiger partial charge < -0.3 is 25.7 Å². The normalized spacial score (nSPS) is 21.7. The van der Waals surface area contributed by atoms with Crippen LogP contribution >= 0.6 is 0 Å². The molecule has 0 aromatic carbocycles. The lowest BCUT2D eigenvalue weighted by Crippen LogP contribution is -2.50. The molecule has 19 heavy (non-hydrogen) atoms. The molecule has 7 nitrogen and oxygen atoms in total. The van der Waals surface area contributed by atoms with Crippen molar-refractivity contribution < 1.29 is 19.8 Å². The first-order valence-corrected chi connectivity index (χ1v) is 6.63. The number of likely N-dealkylation sites (N-methyl/N-ethyl adjacent to an activating group) is 1. The predicted octanol–water partition coefficient (Wildman–Crippen LogP) is -0.394. The molecule has 4 N–H and O–H groups in total. The van der Waals surface area contributed by atoms with Gasteiger partial charge in [-0.25, -0.2) is 9.59 Å². The van der Waals surface area contributed by atoms with Crippen LogP contribution < -0.4 is 10.6 Å². The summed E-state index contributed by atoms with van der Waals surface area (Å²) in [5.74, 6) is -1.14. The van der Waals surface area contributed by atoms with Crippen LogP contribution in [0.25, 0.3) is 0 Å². The van der Waals surface area contributed by atoms with E-state index in [1.807, 2.05) is 7.05 Å². The van der Waals surface area contributed by atoms with Crippen LogP contribution in [0.2, 0.25) is 0 Å². The Morgan fingerprint density at radius 3 is 2.74 bits per heavy atom. The monoisotopic (exact) mass is 273 g/mol. The van der Waals surface area contributed by atoms with E-state index >= 15 is 0 Å². The van der Waals surface area contributed by atoms with E-state index < -0.39 is 18.0 Å². The third-order valence-electron chi connectivity index (χ3n) is 3.44. The van der Waals surface area contributed by atoms with Crippen molar-refractivity contribution in [3.63, 3.8) is 0 Å². The van der Waals surface area contributed by atoms with Crippen LogP contribution in [-0.2, 0) is 4.79 Å². The highest BCUT2D eigenvalue weighted by Gasteiger charge is 2.22. The van der Waals surface area contributed by atoms with E-state index in [2.05, 4.69) is 15.5 Å². The molecular formula is C12H23N3O4. The summed E-state index contributed by atoms with van der Waals surface area (Å²) < 4.78 is 0. The van der Waals surface area contributed by atoms with E-state index in [1.165, 1.54) is 6.42 Å². The Balaban J connectivity index is 2.31. The van der Waals surface area contributed by atoms with Crippen molar-refractivity contribution in [1.29, 1.82) is 0 Å². The second-order valence-corrected chi connectivity index (χ2v) is 4.89. The summed E-state index contributed by atoms with van der Waals surface area (Å²) in [6.45, 7) is 1.26. The third-order valence-corrected chi connectivity index (χ3v) is 3.44. The quantitative estimate of drug-likeness (QED) is 0.528. The van der Waals surface area contributed by atoms with E-state index in [9.17, 15) is 9.59 Å². The van der Waals surface area contributed by atoms with Crippen molar-refractivity contribution in [1.82, 2.24) is 15.5 Å². The second kappa shape index (κ2) is 7.96. The highest BCUT2D eigenvalue weighted by molar-refractivity contribution is 5.82. The van der Waals surface area contributed by atoms with E-state index in [4.69, 9.17) is 10.2 Å². The number of carboxylic acids is 1. The number of hydrogen-bond acceptors (Lipinski definition) is 4. The fourth-order valence-corrected chi connectivity index (χ4v) is 2.21. The molecule has 1 heterocycles. The maximum absolute atomic E-state index is 11.6. The summed E-state index contributed by atoms with van der Waals surface area (Å²) in [5.41, 5.74) is 0. The van der Waals surface area contributed by atoms with Gasteiger partial charge in [0, 0.05) is 25.6 Å². The lowest BCUT2D eigenvalue weighted by atomic mass is 10.0. The number of nitrogens with one attached hydrogen (secondary N) is 2. The summed E-state index contributed by atoms with van der Waals surface area (Å²) >= 11 is 0. The lowest BCUT2D eigenvalue weighted by molar-refractivity contribution is -0.139. The number of carbonyl (C=O) groups is 2. The van der Waals surface area contributed by atoms with Gasteiger partial charge in [-0.05, 0) is 26.4 Å². The molecule has 1 fully saturated rings. The number of carboxylic acid groups (broad SMARTS) is 1. The Bertz CT molecular complexity index is 311. The van der Waals surface area contributed by atoms with Crippen LogP contribution in [0.4, 0.5) is 4.79 Å². The summed E-state index contributed by atoms with van der Waals surface area (Å²) in [6.07, 6.45) is 3.37. The summed E-state index contributed by atoms with van der Waals surface area (Å²) in [5, 5.41) is 22.6. The largest absolute Gasteiger partial charge is 0.480 e. The first-order valence-electron chi connectivity index (χ1n) is 6.63. The SMILES string of the molecule is CN1CCCCC1CNC(=O)N[C@@H](CCO)C(=O)O. The third kappa shape index (κ3) is 5.44. The Kier molecular flexibility index (Phi) is 6.58. The number of aliphatic carboxylic acids is 1. The number of urea groups is 1. The van der Waals surface area contributed by atoms with E-state index in [1.54, 1.807) is 0 Å². The number of hydrogen-bond donors (Lipinski definition) is 4. The maximum atomic E-state index is 11.6. The van der Waals surface area contributed by atoms with Crippen molar-refractivity contribution >= 4 is 12.0 Å². The molecule has 2 atom stereocenters. The van der Waals surface area contributed by atoms with E-state index in [0.717, 1.165) is 19.4 Å². The Labute approximate surface area is 113 Å². The molecule has 0 bridgehead atoms. The second-order valence-electron chi connectivity index (χ2n) is 4.89. The van der Waals surface area contributed by atoms with Crippen LogP contribution in [0, 0.1) is 0 Å². The summed E-state index contributed by atoms with van der Waals surface area (Å²) in [4.78, 5) is 24.6. The highest BCUT2D eigenvalue weighted by Crippen LogP contribution is 2.13.